The molecule has 2 heteroatoms. The maximum Gasteiger partial charge on any atom is 0.0734 e. The number of nitrogens with zero attached hydrogens (tertiary/aromatic N) is 1. The van der Waals surface area contributed by atoms with Gasteiger partial charge in [-0.3, -0.25) is 4.90 Å². The molecule has 0 unspecified atom stereocenters. The molecule has 25 heavy (non-hydrogen) atoms. The van der Waals surface area contributed by atoms with E-state index in [1.807, 2.05) is 19.1 Å². The highest BCUT2D eigenvalue weighted by Gasteiger charge is 2.29. The first-order valence-corrected chi connectivity index (χ1v) is 9.11. The van der Waals surface area contributed by atoms with Gasteiger partial charge in [-0.05, 0) is 30.4 Å². The van der Waals surface area contributed by atoms with Crippen LogP contribution in [0.2, 0.25) is 0 Å². The van der Waals surface area contributed by atoms with Gasteiger partial charge in [-0.2, -0.15) is 0 Å². The van der Waals surface area contributed by atoms with Crippen molar-refractivity contribution >= 4 is 0 Å². The molecule has 2 aromatic carbocycles. The van der Waals surface area contributed by atoms with Crippen LogP contribution >= 0.6 is 0 Å². The normalized spacial score (nSPS) is 13.8. The lowest BCUT2D eigenvalue weighted by atomic mass is 9.92. The molecule has 0 aromatic heterocycles. The molecule has 0 saturated carbocycles. The van der Waals surface area contributed by atoms with E-state index in [-0.39, 0.29) is 6.04 Å². The maximum absolute atomic E-state index is 10.9. The van der Waals surface area contributed by atoms with Crippen LogP contribution in [-0.4, -0.2) is 22.2 Å². The van der Waals surface area contributed by atoms with Crippen molar-refractivity contribution in [3.8, 4) is 0 Å². The highest BCUT2D eigenvalue weighted by atomic mass is 16.3. The molecular weight excluding hydrogens is 306 g/mol. The summed E-state index contributed by atoms with van der Waals surface area (Å²) in [4.78, 5) is 2.41. The summed E-state index contributed by atoms with van der Waals surface area (Å²) in [6, 6.07) is 21.1. The van der Waals surface area contributed by atoms with E-state index >= 15 is 0 Å². The Morgan fingerprint density at radius 1 is 0.920 bits per heavy atom. The minimum Gasteiger partial charge on any atom is -0.391 e. The first-order valence-electron chi connectivity index (χ1n) is 9.11. The second kappa shape index (κ2) is 9.55. The Labute approximate surface area is 152 Å². The van der Waals surface area contributed by atoms with Gasteiger partial charge in [0.2, 0.25) is 0 Å². The van der Waals surface area contributed by atoms with Crippen LogP contribution in [0.1, 0.15) is 38.3 Å². The van der Waals surface area contributed by atoms with Crippen molar-refractivity contribution in [1.29, 1.82) is 0 Å². The van der Waals surface area contributed by atoms with E-state index in [4.69, 9.17) is 0 Å². The van der Waals surface area contributed by atoms with E-state index in [1.54, 1.807) is 0 Å². The van der Waals surface area contributed by atoms with Crippen LogP contribution in [0.4, 0.5) is 0 Å². The predicted molar refractivity (Wildman–Crippen MR) is 106 cm³/mol. The third-order valence-corrected chi connectivity index (χ3v) is 4.51. The van der Waals surface area contributed by atoms with Gasteiger partial charge in [-0.25, -0.2) is 0 Å². The number of hydrogen-bond acceptors (Lipinski definition) is 2. The minimum absolute atomic E-state index is 0.0807. The molecule has 0 aliphatic rings. The van der Waals surface area contributed by atoms with Crippen molar-refractivity contribution in [2.45, 2.75) is 52.4 Å². The van der Waals surface area contributed by atoms with E-state index in [2.05, 4.69) is 73.9 Å². The Bertz CT molecular complexity index is 594. The van der Waals surface area contributed by atoms with E-state index in [0.717, 1.165) is 18.7 Å². The van der Waals surface area contributed by atoms with Crippen molar-refractivity contribution in [3.05, 3.63) is 83.9 Å². The SMILES string of the molecule is C=C(C)C[C@@H](O)[C@H](C(C)C)N(Cc1ccccc1)Cc1ccccc1. The fraction of sp³-hybridized carbons (Fsp3) is 0.391. The molecule has 0 spiro atoms. The highest BCUT2D eigenvalue weighted by Crippen LogP contribution is 2.24. The van der Waals surface area contributed by atoms with Crippen molar-refractivity contribution in [3.63, 3.8) is 0 Å². The summed E-state index contributed by atoms with van der Waals surface area (Å²) >= 11 is 0. The second-order valence-corrected chi connectivity index (χ2v) is 7.34. The lowest BCUT2D eigenvalue weighted by Gasteiger charge is -2.38. The van der Waals surface area contributed by atoms with E-state index in [0.29, 0.717) is 12.3 Å². The number of rotatable bonds is 9. The topological polar surface area (TPSA) is 23.5 Å². The third-order valence-electron chi connectivity index (χ3n) is 4.51. The standard InChI is InChI=1S/C23H31NO/c1-18(2)15-22(25)23(19(3)4)24(16-20-11-7-5-8-12-20)17-21-13-9-6-10-14-21/h5-14,19,22-23,25H,1,15-17H2,2-4H3/t22-,23+/m1/s1. The second-order valence-electron chi connectivity index (χ2n) is 7.34. The van der Waals surface area contributed by atoms with Gasteiger partial charge in [-0.15, -0.1) is 6.58 Å². The summed E-state index contributed by atoms with van der Waals surface area (Å²) in [5, 5.41) is 10.9. The number of aliphatic hydroxyl groups excluding tert-OH is 1. The molecule has 0 bridgehead atoms. The highest BCUT2D eigenvalue weighted by molar-refractivity contribution is 5.17. The Kier molecular flexibility index (Phi) is 7.42. The van der Waals surface area contributed by atoms with Crippen LogP contribution < -0.4 is 0 Å². The van der Waals surface area contributed by atoms with Crippen LogP contribution in [0.25, 0.3) is 0 Å². The van der Waals surface area contributed by atoms with Crippen LogP contribution in [0.15, 0.2) is 72.8 Å². The van der Waals surface area contributed by atoms with Gasteiger partial charge in [-0.1, -0.05) is 80.1 Å². The van der Waals surface area contributed by atoms with Crippen molar-refractivity contribution in [1.82, 2.24) is 4.90 Å². The van der Waals surface area contributed by atoms with Gasteiger partial charge in [0.1, 0.15) is 0 Å². The van der Waals surface area contributed by atoms with Crippen molar-refractivity contribution < 1.29 is 5.11 Å². The summed E-state index contributed by atoms with van der Waals surface area (Å²) in [6.07, 6.45) is 0.230. The quantitative estimate of drug-likeness (QED) is 0.648. The molecule has 2 aromatic rings. The van der Waals surface area contributed by atoms with E-state index in [1.165, 1.54) is 11.1 Å². The molecule has 0 fully saturated rings. The summed E-state index contributed by atoms with van der Waals surface area (Å²) in [6.45, 7) is 12.0. The monoisotopic (exact) mass is 337 g/mol. The average Bonchev–Trinajstić information content (AvgIpc) is 2.55. The van der Waals surface area contributed by atoms with Gasteiger partial charge < -0.3 is 5.11 Å². The molecule has 0 radical (unpaired) electrons. The van der Waals surface area contributed by atoms with E-state index in [9.17, 15) is 5.11 Å². The molecule has 0 aliphatic heterocycles. The summed E-state index contributed by atoms with van der Waals surface area (Å²) < 4.78 is 0. The number of benzene rings is 2. The van der Waals surface area contributed by atoms with Crippen LogP contribution in [-0.2, 0) is 13.1 Å². The van der Waals surface area contributed by atoms with E-state index < -0.39 is 6.10 Å². The molecule has 134 valence electrons. The zero-order chi connectivity index (χ0) is 18.2. The van der Waals surface area contributed by atoms with Gasteiger partial charge in [0.05, 0.1) is 6.10 Å². The number of aliphatic hydroxyl groups is 1. The summed E-state index contributed by atoms with van der Waals surface area (Å²) in [5.74, 6) is 0.349. The fourth-order valence-corrected chi connectivity index (χ4v) is 3.49. The van der Waals surface area contributed by atoms with Crippen molar-refractivity contribution in [2.75, 3.05) is 0 Å². The van der Waals surface area contributed by atoms with Crippen LogP contribution in [0.3, 0.4) is 0 Å². The minimum atomic E-state index is -0.412. The lowest BCUT2D eigenvalue weighted by Crippen LogP contribution is -2.46. The summed E-state index contributed by atoms with van der Waals surface area (Å²) in [7, 11) is 0. The first kappa shape index (κ1) is 19.4. The Hall–Kier alpha value is -1.90. The molecule has 0 aliphatic carbocycles. The molecule has 2 atom stereocenters. The Morgan fingerprint density at radius 2 is 1.36 bits per heavy atom. The smallest absolute Gasteiger partial charge is 0.0734 e. The van der Waals surface area contributed by atoms with Gasteiger partial charge in [0.15, 0.2) is 0 Å². The lowest BCUT2D eigenvalue weighted by molar-refractivity contribution is 0.0146. The molecule has 0 heterocycles. The Morgan fingerprint density at radius 3 is 1.72 bits per heavy atom. The molecule has 2 nitrogen and oxygen atoms in total. The van der Waals surface area contributed by atoms with Gasteiger partial charge >= 0.3 is 0 Å². The zero-order valence-electron chi connectivity index (χ0n) is 15.7. The Balaban J connectivity index is 2.27. The van der Waals surface area contributed by atoms with Crippen LogP contribution in [0, 0.1) is 5.92 Å². The van der Waals surface area contributed by atoms with Crippen LogP contribution in [0.5, 0.6) is 0 Å². The van der Waals surface area contributed by atoms with Gasteiger partial charge in [0, 0.05) is 19.1 Å². The molecular formula is C23H31NO. The summed E-state index contributed by atoms with van der Waals surface area (Å²) in [5.41, 5.74) is 3.57. The molecule has 0 amide bonds. The third kappa shape index (κ3) is 6.15. The zero-order valence-corrected chi connectivity index (χ0v) is 15.7. The fourth-order valence-electron chi connectivity index (χ4n) is 3.49. The van der Waals surface area contributed by atoms with Crippen molar-refractivity contribution in [2.24, 2.45) is 5.92 Å². The predicted octanol–water partition coefficient (Wildman–Crippen LogP) is 5.04. The maximum atomic E-state index is 10.9. The first-order chi connectivity index (χ1) is 12.0. The molecule has 2 rings (SSSR count). The number of hydrogen-bond donors (Lipinski definition) is 1. The van der Waals surface area contributed by atoms with Gasteiger partial charge in [0.25, 0.3) is 0 Å². The average molecular weight is 338 g/mol. The largest absolute Gasteiger partial charge is 0.391 e. The molecule has 1 N–H and O–H groups in total. The molecule has 0 saturated heterocycles.